The molecule has 94 valence electrons. The van der Waals surface area contributed by atoms with Gasteiger partial charge in [-0.25, -0.2) is 4.39 Å². The van der Waals surface area contributed by atoms with Crippen LogP contribution in [0, 0.1) is 12.7 Å². The van der Waals surface area contributed by atoms with Crippen molar-refractivity contribution >= 4 is 23.2 Å². The lowest BCUT2D eigenvalue weighted by atomic mass is 10.0. The molecule has 0 nitrogen and oxygen atoms in total. The molecule has 18 heavy (non-hydrogen) atoms. The predicted molar refractivity (Wildman–Crippen MR) is 74.9 cm³/mol. The highest BCUT2D eigenvalue weighted by Crippen LogP contribution is 2.28. The maximum atomic E-state index is 13.5. The Morgan fingerprint density at radius 1 is 1.17 bits per heavy atom. The first-order chi connectivity index (χ1) is 8.56. The fourth-order valence-corrected chi connectivity index (χ4v) is 2.51. The van der Waals surface area contributed by atoms with Gasteiger partial charge in [-0.3, -0.25) is 0 Å². The molecular formula is C15H13Cl2F. The van der Waals surface area contributed by atoms with Crippen LogP contribution >= 0.6 is 23.2 Å². The number of alkyl halides is 1. The lowest BCUT2D eigenvalue weighted by Gasteiger charge is -2.12. The molecule has 0 spiro atoms. The third-order valence-electron chi connectivity index (χ3n) is 2.78. The molecule has 1 unspecified atom stereocenters. The molecule has 0 saturated heterocycles. The number of hydrogen-bond acceptors (Lipinski definition) is 0. The third-order valence-corrected chi connectivity index (χ3v) is 3.41. The van der Waals surface area contributed by atoms with Crippen LogP contribution in [-0.4, -0.2) is 0 Å². The lowest BCUT2D eigenvalue weighted by molar-refractivity contribution is 0.607. The van der Waals surface area contributed by atoms with Gasteiger partial charge in [0.25, 0.3) is 0 Å². The fourth-order valence-electron chi connectivity index (χ4n) is 1.92. The lowest BCUT2D eigenvalue weighted by Crippen LogP contribution is -1.99. The molecular weight excluding hydrogens is 270 g/mol. The molecule has 0 heterocycles. The second-order valence-electron chi connectivity index (χ2n) is 4.32. The first-order valence-electron chi connectivity index (χ1n) is 5.71. The Balaban J connectivity index is 2.22. The molecule has 2 aromatic rings. The minimum Gasteiger partial charge on any atom is -0.207 e. The SMILES string of the molecule is Cc1cc(Cl)cc(C(Cl)Cc2ccccc2F)c1. The van der Waals surface area contributed by atoms with Gasteiger partial charge in [0.2, 0.25) is 0 Å². The van der Waals surface area contributed by atoms with Gasteiger partial charge < -0.3 is 0 Å². The Bertz CT molecular complexity index is 532. The highest BCUT2D eigenvalue weighted by molar-refractivity contribution is 6.30. The van der Waals surface area contributed by atoms with E-state index < -0.39 is 0 Å². The number of benzene rings is 2. The van der Waals surface area contributed by atoms with Crippen LogP contribution in [0.15, 0.2) is 42.5 Å². The zero-order valence-electron chi connectivity index (χ0n) is 9.96. The largest absolute Gasteiger partial charge is 0.207 e. The molecule has 0 aliphatic heterocycles. The van der Waals surface area contributed by atoms with Crippen molar-refractivity contribution in [2.24, 2.45) is 0 Å². The van der Waals surface area contributed by atoms with E-state index in [0.29, 0.717) is 17.0 Å². The van der Waals surface area contributed by atoms with Crippen LogP contribution in [0.3, 0.4) is 0 Å². The summed E-state index contributed by atoms with van der Waals surface area (Å²) < 4.78 is 13.5. The van der Waals surface area contributed by atoms with Crippen molar-refractivity contribution in [2.75, 3.05) is 0 Å². The predicted octanol–water partition coefficient (Wildman–Crippen LogP) is 5.31. The monoisotopic (exact) mass is 282 g/mol. The second-order valence-corrected chi connectivity index (χ2v) is 5.29. The molecule has 1 atom stereocenters. The molecule has 0 saturated carbocycles. The quantitative estimate of drug-likeness (QED) is 0.669. The number of halogens is 3. The molecule has 0 N–H and O–H groups in total. The van der Waals surface area contributed by atoms with Crippen LogP contribution in [0.2, 0.25) is 5.02 Å². The maximum Gasteiger partial charge on any atom is 0.126 e. The summed E-state index contributed by atoms with van der Waals surface area (Å²) in [6.07, 6.45) is 0.452. The molecule has 0 aromatic heterocycles. The van der Waals surface area contributed by atoms with Crippen molar-refractivity contribution < 1.29 is 4.39 Å². The summed E-state index contributed by atoms with van der Waals surface area (Å²) in [6, 6.07) is 12.4. The average molecular weight is 283 g/mol. The van der Waals surface area contributed by atoms with Gasteiger partial charge in [-0.1, -0.05) is 35.9 Å². The zero-order chi connectivity index (χ0) is 13.1. The Morgan fingerprint density at radius 2 is 1.89 bits per heavy atom. The maximum absolute atomic E-state index is 13.5. The van der Waals surface area contributed by atoms with E-state index in [4.69, 9.17) is 23.2 Å². The van der Waals surface area contributed by atoms with E-state index >= 15 is 0 Å². The van der Waals surface area contributed by atoms with Gasteiger partial charge in [-0.2, -0.15) is 0 Å². The highest BCUT2D eigenvalue weighted by Gasteiger charge is 2.12. The standard InChI is InChI=1S/C15H13Cl2F/c1-10-6-12(8-13(16)7-10)14(17)9-11-4-2-3-5-15(11)18/h2-8,14H,9H2,1H3. The van der Waals surface area contributed by atoms with Gasteiger partial charge in [-0.05, 0) is 48.2 Å². The van der Waals surface area contributed by atoms with E-state index in [9.17, 15) is 4.39 Å². The Hall–Kier alpha value is -1.05. The van der Waals surface area contributed by atoms with E-state index in [0.717, 1.165) is 11.1 Å². The van der Waals surface area contributed by atoms with Crippen molar-refractivity contribution in [1.82, 2.24) is 0 Å². The summed E-state index contributed by atoms with van der Waals surface area (Å²) in [4.78, 5) is 0. The zero-order valence-corrected chi connectivity index (χ0v) is 11.5. The molecule has 2 aromatic carbocycles. The first kappa shape index (κ1) is 13.4. The second kappa shape index (κ2) is 5.73. The van der Waals surface area contributed by atoms with Crippen molar-refractivity contribution in [2.45, 2.75) is 18.7 Å². The van der Waals surface area contributed by atoms with Crippen molar-refractivity contribution in [3.63, 3.8) is 0 Å². The van der Waals surface area contributed by atoms with E-state index in [1.54, 1.807) is 12.1 Å². The molecule has 0 fully saturated rings. The summed E-state index contributed by atoms with van der Waals surface area (Å²) in [6.45, 7) is 1.96. The first-order valence-corrected chi connectivity index (χ1v) is 6.52. The van der Waals surface area contributed by atoms with E-state index in [1.807, 2.05) is 31.2 Å². The number of rotatable bonds is 3. The minimum absolute atomic E-state index is 0.220. The van der Waals surface area contributed by atoms with Gasteiger partial charge in [0.15, 0.2) is 0 Å². The van der Waals surface area contributed by atoms with Crippen molar-refractivity contribution in [1.29, 1.82) is 0 Å². The molecule has 0 amide bonds. The van der Waals surface area contributed by atoms with Crippen LogP contribution in [-0.2, 0) is 6.42 Å². The summed E-state index contributed by atoms with van der Waals surface area (Å²) in [5, 5.41) is 0.378. The van der Waals surface area contributed by atoms with Gasteiger partial charge in [0.1, 0.15) is 5.82 Å². The number of hydrogen-bond donors (Lipinski definition) is 0. The van der Waals surface area contributed by atoms with E-state index in [-0.39, 0.29) is 11.2 Å². The van der Waals surface area contributed by atoms with Crippen molar-refractivity contribution in [3.8, 4) is 0 Å². The van der Waals surface area contributed by atoms with Crippen LogP contribution in [0.4, 0.5) is 4.39 Å². The Kier molecular flexibility index (Phi) is 4.26. The summed E-state index contributed by atoms with van der Waals surface area (Å²) in [5.41, 5.74) is 2.59. The topological polar surface area (TPSA) is 0 Å². The highest BCUT2D eigenvalue weighted by atomic mass is 35.5. The van der Waals surface area contributed by atoms with E-state index in [2.05, 4.69) is 0 Å². The van der Waals surface area contributed by atoms with Gasteiger partial charge >= 0.3 is 0 Å². The molecule has 2 rings (SSSR count). The molecule has 0 radical (unpaired) electrons. The van der Waals surface area contributed by atoms with Crippen LogP contribution in [0.25, 0.3) is 0 Å². The van der Waals surface area contributed by atoms with Crippen molar-refractivity contribution in [3.05, 3.63) is 70.0 Å². The van der Waals surface area contributed by atoms with Crippen LogP contribution < -0.4 is 0 Å². The van der Waals surface area contributed by atoms with Crippen LogP contribution in [0.1, 0.15) is 22.1 Å². The fraction of sp³-hybridized carbons (Fsp3) is 0.200. The average Bonchev–Trinajstić information content (AvgIpc) is 2.31. The normalized spacial score (nSPS) is 12.4. The van der Waals surface area contributed by atoms with E-state index in [1.165, 1.54) is 6.07 Å². The third kappa shape index (κ3) is 3.24. The number of aryl methyl sites for hydroxylation is 1. The Morgan fingerprint density at radius 3 is 2.56 bits per heavy atom. The molecule has 0 bridgehead atoms. The summed E-state index contributed by atoms with van der Waals surface area (Å²) >= 11 is 12.3. The van der Waals surface area contributed by atoms with Gasteiger partial charge in [0, 0.05) is 5.02 Å². The summed E-state index contributed by atoms with van der Waals surface area (Å²) in [5.74, 6) is -0.220. The Labute approximate surface area is 116 Å². The summed E-state index contributed by atoms with van der Waals surface area (Å²) in [7, 11) is 0. The smallest absolute Gasteiger partial charge is 0.126 e. The molecule has 3 heteroatoms. The molecule has 0 aliphatic rings. The van der Waals surface area contributed by atoms with Gasteiger partial charge in [0.05, 0.1) is 5.38 Å². The molecule has 0 aliphatic carbocycles. The van der Waals surface area contributed by atoms with Crippen LogP contribution in [0.5, 0.6) is 0 Å². The minimum atomic E-state index is -0.278. The van der Waals surface area contributed by atoms with Gasteiger partial charge in [-0.15, -0.1) is 11.6 Å².